The van der Waals surface area contributed by atoms with Gasteiger partial charge in [0.15, 0.2) is 0 Å². The van der Waals surface area contributed by atoms with Crippen molar-refractivity contribution in [2.45, 2.75) is 47.0 Å². The molecule has 0 aromatic rings. The predicted octanol–water partition coefficient (Wildman–Crippen LogP) is 4.27. The molecule has 1 spiro atoms. The summed E-state index contributed by atoms with van der Waals surface area (Å²) in [4.78, 5) is 0. The Hall–Kier alpha value is -0.260. The summed E-state index contributed by atoms with van der Waals surface area (Å²) < 4.78 is 0. The van der Waals surface area contributed by atoms with Crippen molar-refractivity contribution in [3.63, 3.8) is 0 Å². The molecule has 0 aromatic heterocycles. The van der Waals surface area contributed by atoms with Gasteiger partial charge in [-0.25, -0.2) is 0 Å². The van der Waals surface area contributed by atoms with E-state index in [9.17, 15) is 0 Å². The molecule has 0 nitrogen and oxygen atoms in total. The summed E-state index contributed by atoms with van der Waals surface area (Å²) in [6.45, 7) is 9.71. The van der Waals surface area contributed by atoms with Gasteiger partial charge in [-0.3, -0.25) is 0 Å². The summed E-state index contributed by atoms with van der Waals surface area (Å²) in [5.74, 6) is 4.94. The lowest BCUT2D eigenvalue weighted by atomic mass is 9.69. The van der Waals surface area contributed by atoms with Gasteiger partial charge < -0.3 is 0 Å². The van der Waals surface area contributed by atoms with Crippen LogP contribution in [0.5, 0.6) is 0 Å². The van der Waals surface area contributed by atoms with Crippen LogP contribution in [0.25, 0.3) is 0 Å². The monoisotopic (exact) mass is 204 g/mol. The second-order valence-electron chi connectivity index (χ2n) is 6.74. The van der Waals surface area contributed by atoms with E-state index in [4.69, 9.17) is 0 Å². The molecule has 0 radical (unpaired) electrons. The van der Waals surface area contributed by atoms with Crippen LogP contribution >= 0.6 is 0 Å². The summed E-state index contributed by atoms with van der Waals surface area (Å²) in [5, 5.41) is 0. The summed E-state index contributed by atoms with van der Waals surface area (Å²) in [6.07, 6.45) is 7.01. The van der Waals surface area contributed by atoms with Gasteiger partial charge in [-0.1, -0.05) is 32.4 Å². The highest BCUT2D eigenvalue weighted by atomic mass is 14.7. The zero-order valence-electron chi connectivity index (χ0n) is 10.6. The van der Waals surface area contributed by atoms with Gasteiger partial charge in [-0.15, -0.1) is 0 Å². The molecule has 3 rings (SSSR count). The summed E-state index contributed by atoms with van der Waals surface area (Å²) in [6, 6.07) is 0. The number of rotatable bonds is 1. The maximum Gasteiger partial charge on any atom is -0.0129 e. The lowest BCUT2D eigenvalue weighted by molar-refractivity contribution is 0.147. The third-order valence-corrected chi connectivity index (χ3v) is 5.74. The minimum absolute atomic E-state index is 0.747. The Morgan fingerprint density at radius 2 is 2.07 bits per heavy atom. The van der Waals surface area contributed by atoms with Gasteiger partial charge in [-0.2, -0.15) is 0 Å². The van der Waals surface area contributed by atoms with Crippen molar-refractivity contribution in [3.8, 4) is 0 Å². The van der Waals surface area contributed by atoms with Crippen LogP contribution in [0.15, 0.2) is 11.6 Å². The van der Waals surface area contributed by atoms with E-state index in [0.717, 1.165) is 35.0 Å². The molecule has 3 aliphatic carbocycles. The molecule has 5 unspecified atom stereocenters. The zero-order valence-corrected chi connectivity index (χ0v) is 10.6. The molecule has 15 heavy (non-hydrogen) atoms. The molecule has 0 heterocycles. The van der Waals surface area contributed by atoms with E-state index < -0.39 is 0 Å². The molecule has 0 aliphatic heterocycles. The van der Waals surface area contributed by atoms with Crippen molar-refractivity contribution < 1.29 is 0 Å². The van der Waals surface area contributed by atoms with Crippen LogP contribution in [-0.2, 0) is 0 Å². The van der Waals surface area contributed by atoms with Gasteiger partial charge in [-0.05, 0) is 61.2 Å². The first-order valence-electron chi connectivity index (χ1n) is 6.74. The van der Waals surface area contributed by atoms with Gasteiger partial charge in [0.2, 0.25) is 0 Å². The van der Waals surface area contributed by atoms with Crippen molar-refractivity contribution in [3.05, 3.63) is 11.6 Å². The van der Waals surface area contributed by atoms with Gasteiger partial charge in [0, 0.05) is 0 Å². The van der Waals surface area contributed by atoms with Crippen molar-refractivity contribution in [2.75, 3.05) is 0 Å². The molecular weight excluding hydrogens is 180 g/mol. The molecule has 84 valence electrons. The van der Waals surface area contributed by atoms with Gasteiger partial charge in [0.05, 0.1) is 0 Å². The van der Waals surface area contributed by atoms with Crippen LogP contribution in [0.3, 0.4) is 0 Å². The Morgan fingerprint density at radius 1 is 1.33 bits per heavy atom. The third kappa shape index (κ3) is 1.09. The van der Waals surface area contributed by atoms with E-state index in [1.165, 1.54) is 19.3 Å². The summed E-state index contributed by atoms with van der Waals surface area (Å²) in [7, 11) is 0. The number of hydrogen-bond donors (Lipinski definition) is 0. The molecule has 5 atom stereocenters. The summed E-state index contributed by atoms with van der Waals surface area (Å²) in [5.41, 5.74) is 2.42. The van der Waals surface area contributed by atoms with E-state index >= 15 is 0 Å². The van der Waals surface area contributed by atoms with Crippen molar-refractivity contribution in [1.82, 2.24) is 0 Å². The van der Waals surface area contributed by atoms with E-state index in [0.29, 0.717) is 0 Å². The van der Waals surface area contributed by atoms with Crippen LogP contribution in [0.4, 0.5) is 0 Å². The normalized spacial score (nSPS) is 52.5. The number of allylic oxidation sites excluding steroid dienone is 2. The Bertz CT molecular complexity index is 312. The van der Waals surface area contributed by atoms with Crippen LogP contribution < -0.4 is 0 Å². The molecule has 0 heteroatoms. The largest absolute Gasteiger partial charge is 0.0816 e. The average molecular weight is 204 g/mol. The van der Waals surface area contributed by atoms with E-state index in [1.54, 1.807) is 5.57 Å². The molecule has 0 bridgehead atoms. The van der Waals surface area contributed by atoms with Crippen LogP contribution in [-0.4, -0.2) is 0 Å². The van der Waals surface area contributed by atoms with Gasteiger partial charge in [0.25, 0.3) is 0 Å². The molecule has 0 amide bonds. The average Bonchev–Trinajstić information content (AvgIpc) is 2.65. The highest BCUT2D eigenvalue weighted by Gasteiger charge is 2.71. The zero-order chi connectivity index (χ0) is 10.8. The predicted molar refractivity (Wildman–Crippen MR) is 64.5 cm³/mol. The first-order valence-corrected chi connectivity index (χ1v) is 6.74. The van der Waals surface area contributed by atoms with Gasteiger partial charge in [0.1, 0.15) is 0 Å². The second-order valence-corrected chi connectivity index (χ2v) is 6.74. The lowest BCUT2D eigenvalue weighted by Gasteiger charge is -2.35. The Kier molecular flexibility index (Phi) is 1.92. The molecule has 0 aromatic carbocycles. The van der Waals surface area contributed by atoms with Crippen LogP contribution in [0, 0.1) is 35.0 Å². The maximum atomic E-state index is 2.61. The van der Waals surface area contributed by atoms with Crippen molar-refractivity contribution in [2.24, 2.45) is 35.0 Å². The number of hydrogen-bond acceptors (Lipinski definition) is 0. The molecule has 0 N–H and O–H groups in total. The lowest BCUT2D eigenvalue weighted by Crippen LogP contribution is -2.27. The fourth-order valence-electron chi connectivity index (χ4n) is 5.00. The van der Waals surface area contributed by atoms with Crippen molar-refractivity contribution >= 4 is 0 Å². The SMILES string of the molecule is CC1=CC2C3C(C(C)C)CCC(C)C23C1. The molecule has 0 saturated heterocycles. The minimum atomic E-state index is 0.747. The summed E-state index contributed by atoms with van der Waals surface area (Å²) >= 11 is 0. The third-order valence-electron chi connectivity index (χ3n) is 5.74. The maximum absolute atomic E-state index is 2.61. The highest BCUT2D eigenvalue weighted by molar-refractivity contribution is 5.33. The Morgan fingerprint density at radius 3 is 2.73 bits per heavy atom. The van der Waals surface area contributed by atoms with E-state index in [2.05, 4.69) is 33.8 Å². The standard InChI is InChI=1S/C15H24/c1-9(2)12-6-5-11(4)15-8-10(3)7-13(15)14(12)15/h7,9,11-14H,5-6,8H2,1-4H3. The van der Waals surface area contributed by atoms with E-state index in [-0.39, 0.29) is 0 Å². The highest BCUT2D eigenvalue weighted by Crippen LogP contribution is 2.77. The fraction of sp³-hybridized carbons (Fsp3) is 0.867. The smallest absolute Gasteiger partial charge is 0.0129 e. The van der Waals surface area contributed by atoms with Crippen LogP contribution in [0.2, 0.25) is 0 Å². The van der Waals surface area contributed by atoms with Crippen molar-refractivity contribution in [1.29, 1.82) is 0 Å². The van der Waals surface area contributed by atoms with Crippen LogP contribution in [0.1, 0.15) is 47.0 Å². The Labute approximate surface area is 94.1 Å². The van der Waals surface area contributed by atoms with E-state index in [1.807, 2.05) is 0 Å². The minimum Gasteiger partial charge on any atom is -0.0816 e. The number of fused-ring (bicyclic) bond motifs is 1. The topological polar surface area (TPSA) is 0 Å². The molecule has 2 fully saturated rings. The first-order chi connectivity index (χ1) is 7.07. The second kappa shape index (κ2) is 2.90. The van der Waals surface area contributed by atoms with Gasteiger partial charge >= 0.3 is 0 Å². The Balaban J connectivity index is 1.90. The fourth-order valence-corrected chi connectivity index (χ4v) is 5.00. The first kappa shape index (κ1) is 9.93. The molecule has 3 aliphatic rings. The molecule has 2 saturated carbocycles. The molecular formula is C15H24. The quantitative estimate of drug-likeness (QED) is 0.559.